The number of thiophene rings is 1. The van der Waals surface area contributed by atoms with Crippen LogP contribution in [0.4, 0.5) is 4.39 Å². The van der Waals surface area contributed by atoms with Gasteiger partial charge in [-0.05, 0) is 29.3 Å². The number of ether oxygens (including phenoxy) is 2. The van der Waals surface area contributed by atoms with E-state index in [0.717, 1.165) is 43.1 Å². The van der Waals surface area contributed by atoms with E-state index in [9.17, 15) is 9.18 Å². The normalized spacial score (nSPS) is 16.5. The average Bonchev–Trinajstić information content (AvgIpc) is 3.39. The number of nitrogens with zero attached hydrogens (tertiary/aromatic N) is 2. The lowest BCUT2D eigenvalue weighted by Gasteiger charge is -2.34. The third-order valence-electron chi connectivity index (χ3n) is 6.07. The van der Waals surface area contributed by atoms with Crippen molar-refractivity contribution in [2.75, 3.05) is 39.9 Å². The van der Waals surface area contributed by atoms with Gasteiger partial charge in [0.2, 0.25) is 0 Å². The Bertz CT molecular complexity index is 1120. The first-order valence-electron chi connectivity index (χ1n) is 10.6. The molecule has 2 aromatic carbocycles. The minimum absolute atomic E-state index is 0.0259. The van der Waals surface area contributed by atoms with Crippen molar-refractivity contribution in [2.24, 2.45) is 0 Å². The van der Waals surface area contributed by atoms with Crippen LogP contribution in [0.15, 0.2) is 36.4 Å². The van der Waals surface area contributed by atoms with Crippen LogP contribution in [0.3, 0.4) is 0 Å². The molecule has 31 heavy (non-hydrogen) atoms. The lowest BCUT2D eigenvalue weighted by molar-refractivity contribution is 0.0629. The van der Waals surface area contributed by atoms with E-state index in [4.69, 9.17) is 9.47 Å². The molecule has 1 fully saturated rings. The van der Waals surface area contributed by atoms with Crippen molar-refractivity contribution < 1.29 is 18.7 Å². The third-order valence-corrected chi connectivity index (χ3v) is 7.25. The first-order chi connectivity index (χ1) is 15.1. The SMILES string of the molecule is COCc1c(C(=O)N2CCN(Cc3ccc4c(c3)CCO4)CC2)sc2cccc(F)c12. The van der Waals surface area contributed by atoms with Gasteiger partial charge in [-0.2, -0.15) is 0 Å². The van der Waals surface area contributed by atoms with E-state index in [1.54, 1.807) is 13.2 Å². The second kappa shape index (κ2) is 8.57. The van der Waals surface area contributed by atoms with E-state index < -0.39 is 0 Å². The van der Waals surface area contributed by atoms with Crippen LogP contribution in [0, 0.1) is 5.82 Å². The molecular formula is C24H25FN2O3S. The number of halogens is 1. The summed E-state index contributed by atoms with van der Waals surface area (Å²) in [6.07, 6.45) is 0.977. The highest BCUT2D eigenvalue weighted by Gasteiger charge is 2.27. The minimum atomic E-state index is -0.301. The molecule has 0 bridgehead atoms. The van der Waals surface area contributed by atoms with Gasteiger partial charge < -0.3 is 14.4 Å². The smallest absolute Gasteiger partial charge is 0.264 e. The Morgan fingerprint density at radius 1 is 1.19 bits per heavy atom. The number of carbonyl (C=O) groups excluding carboxylic acids is 1. The van der Waals surface area contributed by atoms with Gasteiger partial charge >= 0.3 is 0 Å². The second-order valence-corrected chi connectivity index (χ2v) is 9.12. The van der Waals surface area contributed by atoms with Gasteiger partial charge in [-0.25, -0.2) is 4.39 Å². The number of hydrogen-bond donors (Lipinski definition) is 0. The maximum atomic E-state index is 14.4. The van der Waals surface area contributed by atoms with Crippen molar-refractivity contribution in [2.45, 2.75) is 19.6 Å². The van der Waals surface area contributed by atoms with E-state index in [-0.39, 0.29) is 18.3 Å². The van der Waals surface area contributed by atoms with E-state index >= 15 is 0 Å². The van der Waals surface area contributed by atoms with Gasteiger partial charge in [-0.1, -0.05) is 18.2 Å². The number of rotatable bonds is 5. The van der Waals surface area contributed by atoms with Crippen LogP contribution in [-0.4, -0.2) is 55.6 Å². The van der Waals surface area contributed by atoms with Gasteiger partial charge in [0.1, 0.15) is 11.6 Å². The molecule has 7 heteroatoms. The Labute approximate surface area is 185 Å². The number of benzene rings is 2. The summed E-state index contributed by atoms with van der Waals surface area (Å²) in [5, 5.41) is 0.511. The number of carbonyl (C=O) groups is 1. The first-order valence-corrected chi connectivity index (χ1v) is 11.4. The molecule has 0 N–H and O–H groups in total. The summed E-state index contributed by atoms with van der Waals surface area (Å²) in [6, 6.07) is 11.4. The molecule has 5 nitrogen and oxygen atoms in total. The molecule has 2 aliphatic rings. The van der Waals surface area contributed by atoms with Crippen LogP contribution < -0.4 is 4.74 Å². The predicted octanol–water partition coefficient (Wildman–Crippen LogP) is 4.08. The molecule has 0 atom stereocenters. The number of fused-ring (bicyclic) bond motifs is 2. The predicted molar refractivity (Wildman–Crippen MR) is 119 cm³/mol. The number of methoxy groups -OCH3 is 1. The highest BCUT2D eigenvalue weighted by Crippen LogP contribution is 2.35. The molecular weight excluding hydrogens is 415 g/mol. The highest BCUT2D eigenvalue weighted by molar-refractivity contribution is 7.21. The summed E-state index contributed by atoms with van der Waals surface area (Å²) < 4.78 is 26.1. The topological polar surface area (TPSA) is 42.0 Å². The van der Waals surface area contributed by atoms with Gasteiger partial charge in [0.15, 0.2) is 0 Å². The van der Waals surface area contributed by atoms with Crippen LogP contribution >= 0.6 is 11.3 Å². The molecule has 2 aliphatic heterocycles. The highest BCUT2D eigenvalue weighted by atomic mass is 32.1. The summed E-state index contributed by atoms with van der Waals surface area (Å²) in [5.74, 6) is 0.678. The third kappa shape index (κ3) is 3.93. The maximum Gasteiger partial charge on any atom is 0.264 e. The summed E-state index contributed by atoms with van der Waals surface area (Å²) >= 11 is 1.36. The Morgan fingerprint density at radius 3 is 2.84 bits per heavy atom. The van der Waals surface area contributed by atoms with Crippen molar-refractivity contribution in [1.29, 1.82) is 0 Å². The van der Waals surface area contributed by atoms with Crippen LogP contribution in [0.5, 0.6) is 5.75 Å². The van der Waals surface area contributed by atoms with Gasteiger partial charge in [0.25, 0.3) is 5.91 Å². The Balaban J connectivity index is 1.28. The first kappa shape index (κ1) is 20.4. The van der Waals surface area contributed by atoms with Crippen molar-refractivity contribution in [3.8, 4) is 5.75 Å². The molecule has 0 aliphatic carbocycles. The number of piperazine rings is 1. The molecule has 1 saturated heterocycles. The summed E-state index contributed by atoms with van der Waals surface area (Å²) in [7, 11) is 1.57. The van der Waals surface area contributed by atoms with Gasteiger partial charge in [-0.15, -0.1) is 11.3 Å². The molecule has 1 aromatic heterocycles. The monoisotopic (exact) mass is 440 g/mol. The summed E-state index contributed by atoms with van der Waals surface area (Å²) in [4.78, 5) is 18.1. The van der Waals surface area contributed by atoms with Crippen LogP contribution in [0.1, 0.15) is 26.4 Å². The number of amides is 1. The molecule has 3 aromatic rings. The quantitative estimate of drug-likeness (QED) is 0.600. The largest absolute Gasteiger partial charge is 0.493 e. The van der Waals surface area contributed by atoms with E-state index in [2.05, 4.69) is 23.1 Å². The lowest BCUT2D eigenvalue weighted by Crippen LogP contribution is -2.48. The maximum absolute atomic E-state index is 14.4. The fourth-order valence-electron chi connectivity index (χ4n) is 4.47. The van der Waals surface area contributed by atoms with Crippen molar-refractivity contribution in [3.05, 3.63) is 63.8 Å². The summed E-state index contributed by atoms with van der Waals surface area (Å²) in [5.41, 5.74) is 3.23. The zero-order valence-corrected chi connectivity index (χ0v) is 18.3. The summed E-state index contributed by atoms with van der Waals surface area (Å²) in [6.45, 7) is 4.83. The molecule has 1 amide bonds. The van der Waals surface area contributed by atoms with Gasteiger partial charge in [-0.3, -0.25) is 9.69 Å². The molecule has 0 radical (unpaired) electrons. The molecule has 162 valence electrons. The minimum Gasteiger partial charge on any atom is -0.493 e. The standard InChI is InChI=1S/C24H25FN2O3S/c1-29-15-18-22-19(25)3-2-4-21(22)31-23(18)24(28)27-10-8-26(9-11-27)14-16-5-6-20-17(13-16)7-12-30-20/h2-6,13H,7-12,14-15H2,1H3. The second-order valence-electron chi connectivity index (χ2n) is 8.06. The van der Waals surface area contributed by atoms with Crippen LogP contribution in [0.2, 0.25) is 0 Å². The Hall–Kier alpha value is -2.48. The van der Waals surface area contributed by atoms with Crippen LogP contribution in [-0.2, 0) is 24.3 Å². The van der Waals surface area contributed by atoms with Crippen molar-refractivity contribution >= 4 is 27.3 Å². The zero-order chi connectivity index (χ0) is 21.4. The average molecular weight is 441 g/mol. The van der Waals surface area contributed by atoms with E-state index in [1.807, 2.05) is 11.0 Å². The molecule has 0 unspecified atom stereocenters. The lowest BCUT2D eigenvalue weighted by atomic mass is 10.1. The molecule has 5 rings (SSSR count). The molecule has 3 heterocycles. The van der Waals surface area contributed by atoms with Crippen molar-refractivity contribution in [1.82, 2.24) is 9.80 Å². The fourth-order valence-corrected chi connectivity index (χ4v) is 5.66. The van der Waals surface area contributed by atoms with Crippen molar-refractivity contribution in [3.63, 3.8) is 0 Å². The van der Waals surface area contributed by atoms with Gasteiger partial charge in [0, 0.05) is 61.9 Å². The molecule has 0 saturated carbocycles. The Kier molecular flexibility index (Phi) is 5.65. The Morgan fingerprint density at radius 2 is 2.03 bits per heavy atom. The zero-order valence-electron chi connectivity index (χ0n) is 17.5. The van der Waals surface area contributed by atoms with E-state index in [1.165, 1.54) is 28.5 Å². The number of hydrogen-bond acceptors (Lipinski definition) is 5. The fraction of sp³-hybridized carbons (Fsp3) is 0.375. The van der Waals surface area contributed by atoms with Crippen LogP contribution in [0.25, 0.3) is 10.1 Å². The van der Waals surface area contributed by atoms with E-state index in [0.29, 0.717) is 28.9 Å². The van der Waals surface area contributed by atoms with Gasteiger partial charge in [0.05, 0.1) is 18.1 Å². The molecule has 0 spiro atoms.